The van der Waals surface area contributed by atoms with E-state index < -0.39 is 83.2 Å². The van der Waals surface area contributed by atoms with E-state index in [1.54, 1.807) is 27.7 Å². The number of esters is 1. The molecule has 0 aromatic heterocycles. The third-order valence-corrected chi connectivity index (χ3v) is 7.89. The van der Waals surface area contributed by atoms with Gasteiger partial charge in [0.15, 0.2) is 0 Å². The van der Waals surface area contributed by atoms with Crippen LogP contribution in [0, 0.1) is 16.2 Å². The average molecular weight is 690 g/mol. The highest BCUT2D eigenvalue weighted by atomic mass is 19.4. The Labute approximate surface area is 240 Å². The Kier molecular flexibility index (Phi) is 11.6. The van der Waals surface area contributed by atoms with Crippen LogP contribution >= 0.6 is 0 Å². The van der Waals surface area contributed by atoms with Crippen molar-refractivity contribution in [1.29, 1.82) is 0 Å². The van der Waals surface area contributed by atoms with Crippen LogP contribution in [-0.2, 0) is 14.3 Å². The average Bonchev–Trinajstić information content (AvgIpc) is 2.81. The van der Waals surface area contributed by atoms with Gasteiger partial charge in [0, 0.05) is 0 Å². The zero-order valence-electron chi connectivity index (χ0n) is 24.2. The number of carbonyl (C=O) groups is 1. The first-order valence-electron chi connectivity index (χ1n) is 12.5. The fourth-order valence-corrected chi connectivity index (χ4v) is 3.77. The molecule has 0 N–H and O–H groups in total. The summed E-state index contributed by atoms with van der Waals surface area (Å²) in [6.45, 7) is 9.09. The van der Waals surface area contributed by atoms with Crippen LogP contribution in [0.25, 0.3) is 0 Å². The van der Waals surface area contributed by atoms with Gasteiger partial charge in [-0.2, -0.15) is 70.2 Å². The topological polar surface area (TPSA) is 35.5 Å². The van der Waals surface area contributed by atoms with E-state index in [0.717, 1.165) is 0 Å². The van der Waals surface area contributed by atoms with Crippen LogP contribution in [0.15, 0.2) is 0 Å². The fourth-order valence-electron chi connectivity index (χ4n) is 3.77. The zero-order valence-corrected chi connectivity index (χ0v) is 24.2. The molecule has 264 valence electrons. The molecule has 0 aliphatic rings. The van der Waals surface area contributed by atoms with Gasteiger partial charge in [-0.3, -0.25) is 9.53 Å². The first-order chi connectivity index (χ1) is 18.9. The number of alkyl halides is 17. The first kappa shape index (κ1) is 42.2. The van der Waals surface area contributed by atoms with E-state index >= 15 is 0 Å². The SMILES string of the molecule is CCC(C)(C)CC(C)(C(=O)OCCC(F)(OC(F)(F)C(F)(F)C(F)(F)C(F)(F)C(F)(F)C(F)(F)F)C(F)(F)F)C(C)(C)CC. The molecule has 0 aliphatic carbocycles. The molecule has 0 rings (SSSR count). The van der Waals surface area contributed by atoms with E-state index in [0.29, 0.717) is 6.42 Å². The molecule has 2 atom stereocenters. The fraction of sp³-hybridized carbons (Fsp3) is 0.958. The van der Waals surface area contributed by atoms with E-state index in [-0.39, 0.29) is 12.8 Å². The maximum Gasteiger partial charge on any atom is 0.460 e. The van der Waals surface area contributed by atoms with Gasteiger partial charge >= 0.3 is 54.0 Å². The Bertz CT molecular complexity index is 1000. The van der Waals surface area contributed by atoms with Crippen molar-refractivity contribution in [3.8, 4) is 0 Å². The summed E-state index contributed by atoms with van der Waals surface area (Å²) in [5.74, 6) is -41.0. The van der Waals surface area contributed by atoms with Gasteiger partial charge in [0.2, 0.25) is 0 Å². The summed E-state index contributed by atoms with van der Waals surface area (Å²) < 4.78 is 234. The Balaban J connectivity index is 6.49. The lowest BCUT2D eigenvalue weighted by Gasteiger charge is -2.46. The number of hydrogen-bond acceptors (Lipinski definition) is 3. The smallest absolute Gasteiger partial charge is 0.460 e. The van der Waals surface area contributed by atoms with Crippen molar-refractivity contribution in [3.63, 3.8) is 0 Å². The minimum atomic E-state index is -8.51. The molecule has 0 radical (unpaired) electrons. The Hall–Kier alpha value is -1.76. The van der Waals surface area contributed by atoms with Crippen LogP contribution in [-0.4, -0.2) is 60.6 Å². The minimum absolute atomic E-state index is 0.0249. The molecule has 0 fully saturated rings. The van der Waals surface area contributed by atoms with Gasteiger partial charge in [0.1, 0.15) is 0 Å². The highest BCUT2D eigenvalue weighted by Gasteiger charge is 2.92. The summed E-state index contributed by atoms with van der Waals surface area (Å²) in [7, 11) is 0. The molecule has 3 nitrogen and oxygen atoms in total. The minimum Gasteiger partial charge on any atom is -0.465 e. The maximum atomic E-state index is 14.7. The Morgan fingerprint density at radius 3 is 1.32 bits per heavy atom. The van der Waals surface area contributed by atoms with Crippen molar-refractivity contribution in [2.75, 3.05) is 6.61 Å². The number of halogens is 17. The molecule has 0 aromatic rings. The standard InChI is InChI=1S/C24H31F17O3/c1-8-14(3,4)12-16(7,15(5,6)9-2)13(42)43-11-10-17(25,22(34,35)36)44-24(40,41)21(32,33)19(28,29)18(26,27)20(30,31)23(37,38)39/h8-12H2,1-7H3. The van der Waals surface area contributed by atoms with Crippen LogP contribution in [0.3, 0.4) is 0 Å². The molecule has 0 amide bonds. The van der Waals surface area contributed by atoms with Crippen molar-refractivity contribution in [3.05, 3.63) is 0 Å². The van der Waals surface area contributed by atoms with E-state index in [4.69, 9.17) is 0 Å². The molecule has 0 saturated carbocycles. The number of ether oxygens (including phenoxy) is 2. The van der Waals surface area contributed by atoms with Gasteiger partial charge in [-0.1, -0.05) is 48.0 Å². The first-order valence-corrected chi connectivity index (χ1v) is 12.5. The maximum absolute atomic E-state index is 14.7. The van der Waals surface area contributed by atoms with Gasteiger partial charge in [-0.05, 0) is 30.6 Å². The molecule has 20 heteroatoms. The summed E-state index contributed by atoms with van der Waals surface area (Å²) in [5.41, 5.74) is -3.23. The number of rotatable bonds is 15. The normalized spacial score (nSPS) is 18.1. The van der Waals surface area contributed by atoms with Crippen molar-refractivity contribution in [2.24, 2.45) is 16.2 Å². The quantitative estimate of drug-likeness (QED) is 0.127. The number of hydrogen-bond donors (Lipinski definition) is 0. The van der Waals surface area contributed by atoms with Crippen molar-refractivity contribution in [2.45, 2.75) is 122 Å². The summed E-state index contributed by atoms with van der Waals surface area (Å²) in [5, 5.41) is 0. The van der Waals surface area contributed by atoms with Crippen LogP contribution in [0.1, 0.15) is 74.1 Å². The molecule has 44 heavy (non-hydrogen) atoms. The lowest BCUT2D eigenvalue weighted by atomic mass is 9.58. The monoisotopic (exact) mass is 690 g/mol. The van der Waals surface area contributed by atoms with Gasteiger partial charge in [0.25, 0.3) is 0 Å². The Morgan fingerprint density at radius 2 is 0.977 bits per heavy atom. The molecular formula is C24H31F17O3. The second kappa shape index (κ2) is 12.1. The van der Waals surface area contributed by atoms with E-state index in [9.17, 15) is 79.4 Å². The van der Waals surface area contributed by atoms with Crippen LogP contribution in [0.2, 0.25) is 0 Å². The van der Waals surface area contributed by atoms with Crippen molar-refractivity contribution in [1.82, 2.24) is 0 Å². The second-order valence-corrected chi connectivity index (χ2v) is 11.8. The van der Waals surface area contributed by atoms with Gasteiger partial charge < -0.3 is 4.74 Å². The van der Waals surface area contributed by atoms with Crippen LogP contribution in [0.5, 0.6) is 0 Å². The molecule has 0 saturated heterocycles. The van der Waals surface area contributed by atoms with Gasteiger partial charge in [-0.25, -0.2) is 4.39 Å². The summed E-state index contributed by atoms with van der Waals surface area (Å²) >= 11 is 0. The van der Waals surface area contributed by atoms with E-state index in [2.05, 4.69) is 9.47 Å². The van der Waals surface area contributed by atoms with Crippen molar-refractivity contribution >= 4 is 5.97 Å². The highest BCUT2D eigenvalue weighted by Crippen LogP contribution is 2.61. The van der Waals surface area contributed by atoms with Crippen LogP contribution < -0.4 is 0 Å². The molecule has 0 spiro atoms. The van der Waals surface area contributed by atoms with Crippen molar-refractivity contribution < 1.29 is 88.9 Å². The van der Waals surface area contributed by atoms with E-state index in [1.165, 1.54) is 20.8 Å². The lowest BCUT2D eigenvalue weighted by Crippen LogP contribution is -2.71. The third kappa shape index (κ3) is 7.28. The molecule has 0 bridgehead atoms. The summed E-state index contributed by atoms with van der Waals surface area (Å²) in [6.07, 6.45) is -24.6. The summed E-state index contributed by atoms with van der Waals surface area (Å²) in [4.78, 5) is 13.0. The number of carbonyl (C=O) groups excluding carboxylic acids is 1. The van der Waals surface area contributed by atoms with Crippen LogP contribution in [0.4, 0.5) is 74.6 Å². The molecule has 0 aliphatic heterocycles. The predicted molar refractivity (Wildman–Crippen MR) is 118 cm³/mol. The lowest BCUT2D eigenvalue weighted by molar-refractivity contribution is -0.499. The second-order valence-electron chi connectivity index (χ2n) is 11.8. The molecule has 2 unspecified atom stereocenters. The molecule has 0 aromatic carbocycles. The van der Waals surface area contributed by atoms with Gasteiger partial charge in [0.05, 0.1) is 18.4 Å². The largest absolute Gasteiger partial charge is 0.465 e. The zero-order chi connectivity index (χ0) is 36.0. The van der Waals surface area contributed by atoms with Gasteiger partial charge in [-0.15, -0.1) is 0 Å². The molecular weight excluding hydrogens is 659 g/mol. The predicted octanol–water partition coefficient (Wildman–Crippen LogP) is 10.1. The summed E-state index contributed by atoms with van der Waals surface area (Å²) in [6, 6.07) is 0. The third-order valence-electron chi connectivity index (χ3n) is 7.89. The van der Waals surface area contributed by atoms with E-state index in [1.807, 2.05) is 0 Å². The molecule has 0 heterocycles. The Morgan fingerprint density at radius 1 is 0.568 bits per heavy atom. The highest BCUT2D eigenvalue weighted by molar-refractivity contribution is 5.77.